The molecule has 2 aromatic heterocycles. The molecule has 0 radical (unpaired) electrons. The number of anilines is 1. The molecule has 0 saturated carbocycles. The van der Waals surface area contributed by atoms with Crippen LogP contribution in [0.25, 0.3) is 10.9 Å². The molecule has 0 aliphatic carbocycles. The van der Waals surface area contributed by atoms with Crippen LogP contribution in [0.4, 0.5) is 10.2 Å². The first kappa shape index (κ1) is 15.6. The molecular weight excluding hydrogens is 323 g/mol. The second kappa shape index (κ2) is 6.18. The van der Waals surface area contributed by atoms with Crippen molar-refractivity contribution in [3.8, 4) is 0 Å². The summed E-state index contributed by atoms with van der Waals surface area (Å²) < 4.78 is 19.1. The number of morpholine rings is 1. The first-order valence-corrected chi connectivity index (χ1v) is 8.02. The monoisotopic (exact) mass is 340 g/mol. The Hall–Kier alpha value is -2.93. The highest BCUT2D eigenvalue weighted by Crippen LogP contribution is 2.24. The van der Waals surface area contributed by atoms with Crippen molar-refractivity contribution in [1.82, 2.24) is 14.9 Å². The molecule has 1 fully saturated rings. The van der Waals surface area contributed by atoms with Gasteiger partial charge in [0, 0.05) is 17.4 Å². The number of nitrogens with zero attached hydrogens (tertiary/aromatic N) is 2. The summed E-state index contributed by atoms with van der Waals surface area (Å²) in [6.45, 7) is 1.29. The Balaban J connectivity index is 1.56. The molecule has 1 aromatic carbocycles. The zero-order valence-corrected chi connectivity index (χ0v) is 13.4. The Morgan fingerprint density at radius 2 is 2.20 bits per heavy atom. The van der Waals surface area contributed by atoms with Crippen LogP contribution in [0.1, 0.15) is 22.3 Å². The Bertz CT molecular complexity index is 940. The lowest BCUT2D eigenvalue weighted by Gasteiger charge is -2.32. The fourth-order valence-electron chi connectivity index (χ4n) is 3.05. The minimum Gasteiger partial charge on any atom is -0.384 e. The molecule has 1 aliphatic rings. The Morgan fingerprint density at radius 3 is 3.04 bits per heavy atom. The number of aromatic amines is 1. The molecule has 4 rings (SSSR count). The topological polar surface area (TPSA) is 84.2 Å². The molecule has 3 heterocycles. The first-order valence-electron chi connectivity index (χ1n) is 8.02. The molecule has 0 bridgehead atoms. The molecule has 25 heavy (non-hydrogen) atoms. The van der Waals surface area contributed by atoms with Crippen molar-refractivity contribution in [2.24, 2.45) is 0 Å². The van der Waals surface area contributed by atoms with E-state index in [2.05, 4.69) is 9.97 Å². The number of ether oxygens (including phenoxy) is 1. The summed E-state index contributed by atoms with van der Waals surface area (Å²) in [5, 5.41) is 0.798. The lowest BCUT2D eigenvalue weighted by Crippen LogP contribution is -2.42. The molecule has 7 heteroatoms. The van der Waals surface area contributed by atoms with E-state index in [4.69, 9.17) is 10.5 Å². The average molecular weight is 340 g/mol. The number of carbonyl (C=O) groups is 1. The molecule has 1 saturated heterocycles. The van der Waals surface area contributed by atoms with Crippen LogP contribution in [0.3, 0.4) is 0 Å². The number of carbonyl (C=O) groups excluding carboxylic acids is 1. The number of rotatable bonds is 2. The maximum atomic E-state index is 13.3. The zero-order valence-electron chi connectivity index (χ0n) is 13.4. The van der Waals surface area contributed by atoms with E-state index in [9.17, 15) is 9.18 Å². The van der Waals surface area contributed by atoms with Gasteiger partial charge in [0.1, 0.15) is 23.4 Å². The number of aromatic nitrogens is 2. The largest absolute Gasteiger partial charge is 0.384 e. The summed E-state index contributed by atoms with van der Waals surface area (Å²) in [6.07, 6.45) is -0.317. The SMILES string of the molecule is Nc1cccc(C2CN(C(=O)c3cc4ccc(F)cc4[nH]3)CCO2)n1. The van der Waals surface area contributed by atoms with E-state index in [1.54, 1.807) is 23.1 Å². The van der Waals surface area contributed by atoms with Crippen molar-refractivity contribution in [2.45, 2.75) is 6.10 Å². The number of nitrogens with two attached hydrogens (primary N) is 1. The minimum absolute atomic E-state index is 0.145. The van der Waals surface area contributed by atoms with Crippen molar-refractivity contribution in [3.05, 3.63) is 59.7 Å². The highest BCUT2D eigenvalue weighted by Gasteiger charge is 2.27. The van der Waals surface area contributed by atoms with Gasteiger partial charge in [-0.3, -0.25) is 4.79 Å². The van der Waals surface area contributed by atoms with Gasteiger partial charge < -0.3 is 20.4 Å². The van der Waals surface area contributed by atoms with E-state index >= 15 is 0 Å². The van der Waals surface area contributed by atoms with Crippen molar-refractivity contribution in [2.75, 3.05) is 25.4 Å². The number of H-pyrrole nitrogens is 1. The number of halogens is 1. The average Bonchev–Trinajstić information content (AvgIpc) is 3.04. The van der Waals surface area contributed by atoms with Crippen LogP contribution >= 0.6 is 0 Å². The smallest absolute Gasteiger partial charge is 0.270 e. The number of amides is 1. The van der Waals surface area contributed by atoms with Crippen LogP contribution in [0.2, 0.25) is 0 Å². The second-order valence-electron chi connectivity index (χ2n) is 6.01. The summed E-state index contributed by atoms with van der Waals surface area (Å²) in [5.41, 5.74) is 7.46. The van der Waals surface area contributed by atoms with Gasteiger partial charge in [-0.05, 0) is 36.4 Å². The molecule has 3 N–H and O–H groups in total. The molecule has 1 atom stereocenters. The van der Waals surface area contributed by atoms with Crippen LogP contribution in [0.15, 0.2) is 42.5 Å². The Morgan fingerprint density at radius 1 is 1.32 bits per heavy atom. The highest BCUT2D eigenvalue weighted by molar-refractivity contribution is 5.98. The lowest BCUT2D eigenvalue weighted by atomic mass is 10.1. The van der Waals surface area contributed by atoms with Crippen LogP contribution < -0.4 is 5.73 Å². The molecule has 6 nitrogen and oxygen atoms in total. The van der Waals surface area contributed by atoms with Crippen molar-refractivity contribution < 1.29 is 13.9 Å². The van der Waals surface area contributed by atoms with Crippen LogP contribution in [0, 0.1) is 5.82 Å². The van der Waals surface area contributed by atoms with Crippen molar-refractivity contribution in [1.29, 1.82) is 0 Å². The zero-order chi connectivity index (χ0) is 17.4. The highest BCUT2D eigenvalue weighted by atomic mass is 19.1. The number of hydrogen-bond acceptors (Lipinski definition) is 4. The third-order valence-corrected chi connectivity index (χ3v) is 4.29. The molecule has 1 amide bonds. The van der Waals surface area contributed by atoms with Gasteiger partial charge in [-0.1, -0.05) is 6.07 Å². The Kier molecular flexibility index (Phi) is 3.85. The number of nitrogens with one attached hydrogen (secondary N) is 1. The van der Waals surface area contributed by atoms with Gasteiger partial charge in [0.2, 0.25) is 0 Å². The van der Waals surface area contributed by atoms with Gasteiger partial charge >= 0.3 is 0 Å². The Labute approximate surface area is 143 Å². The number of fused-ring (bicyclic) bond motifs is 1. The standard InChI is InChI=1S/C18H17FN4O2/c19-12-5-4-11-8-15(21-14(11)9-12)18(24)23-6-7-25-16(10-23)13-2-1-3-17(20)22-13/h1-5,8-9,16,21H,6-7,10H2,(H2,20,22). The van der Waals surface area contributed by atoms with Gasteiger partial charge in [0.25, 0.3) is 5.91 Å². The van der Waals surface area contributed by atoms with E-state index < -0.39 is 0 Å². The predicted molar refractivity (Wildman–Crippen MR) is 91.5 cm³/mol. The van der Waals surface area contributed by atoms with E-state index in [0.29, 0.717) is 42.4 Å². The van der Waals surface area contributed by atoms with Crippen LogP contribution in [0.5, 0.6) is 0 Å². The van der Waals surface area contributed by atoms with E-state index in [1.165, 1.54) is 12.1 Å². The van der Waals surface area contributed by atoms with Gasteiger partial charge in [-0.15, -0.1) is 0 Å². The van der Waals surface area contributed by atoms with Crippen LogP contribution in [-0.4, -0.2) is 40.5 Å². The molecule has 0 spiro atoms. The molecule has 1 aliphatic heterocycles. The summed E-state index contributed by atoms with van der Waals surface area (Å²) in [4.78, 5) is 21.8. The number of pyridine rings is 1. The summed E-state index contributed by atoms with van der Waals surface area (Å²) >= 11 is 0. The van der Waals surface area contributed by atoms with Gasteiger partial charge in [0.15, 0.2) is 0 Å². The maximum absolute atomic E-state index is 13.3. The minimum atomic E-state index is -0.340. The fourth-order valence-corrected chi connectivity index (χ4v) is 3.05. The summed E-state index contributed by atoms with van der Waals surface area (Å²) in [7, 11) is 0. The number of hydrogen-bond donors (Lipinski definition) is 2. The normalized spacial score (nSPS) is 17.8. The molecule has 1 unspecified atom stereocenters. The second-order valence-corrected chi connectivity index (χ2v) is 6.01. The maximum Gasteiger partial charge on any atom is 0.270 e. The third kappa shape index (κ3) is 3.06. The lowest BCUT2D eigenvalue weighted by molar-refractivity contribution is -0.0248. The molecular formula is C18H17FN4O2. The number of benzene rings is 1. The fraction of sp³-hybridized carbons (Fsp3) is 0.222. The molecule has 128 valence electrons. The quantitative estimate of drug-likeness (QED) is 0.751. The number of nitrogen functional groups attached to an aromatic ring is 1. The third-order valence-electron chi connectivity index (χ3n) is 4.29. The van der Waals surface area contributed by atoms with Gasteiger partial charge in [-0.2, -0.15) is 0 Å². The van der Waals surface area contributed by atoms with E-state index in [1.807, 2.05) is 12.1 Å². The van der Waals surface area contributed by atoms with E-state index in [-0.39, 0.29) is 17.8 Å². The van der Waals surface area contributed by atoms with Crippen molar-refractivity contribution >= 4 is 22.6 Å². The van der Waals surface area contributed by atoms with Gasteiger partial charge in [0.05, 0.1) is 18.8 Å². The van der Waals surface area contributed by atoms with E-state index in [0.717, 1.165) is 5.39 Å². The van der Waals surface area contributed by atoms with Crippen LogP contribution in [-0.2, 0) is 4.74 Å². The van der Waals surface area contributed by atoms with Gasteiger partial charge in [-0.25, -0.2) is 9.37 Å². The summed E-state index contributed by atoms with van der Waals surface area (Å²) in [5.74, 6) is -0.0662. The molecule has 3 aromatic rings. The first-order chi connectivity index (χ1) is 12.1. The predicted octanol–water partition coefficient (Wildman–Crippen LogP) is 2.50. The summed E-state index contributed by atoms with van der Waals surface area (Å²) in [6, 6.07) is 11.5. The van der Waals surface area contributed by atoms with Crippen molar-refractivity contribution in [3.63, 3.8) is 0 Å².